The van der Waals surface area contributed by atoms with E-state index in [1.54, 1.807) is 0 Å². The van der Waals surface area contributed by atoms with Gasteiger partial charge in [0, 0.05) is 0 Å². The summed E-state index contributed by atoms with van der Waals surface area (Å²) in [6, 6.07) is 0.482. The van der Waals surface area contributed by atoms with Crippen LogP contribution >= 0.6 is 12.2 Å². The van der Waals surface area contributed by atoms with Crippen molar-refractivity contribution in [2.75, 3.05) is 0 Å². The van der Waals surface area contributed by atoms with E-state index in [-0.39, 0.29) is 0 Å². The molecule has 0 spiro atoms. The van der Waals surface area contributed by atoms with E-state index in [0.717, 1.165) is 0 Å². The third kappa shape index (κ3) is 5.17. The van der Waals surface area contributed by atoms with Crippen LogP contribution in [0.3, 0.4) is 0 Å². The standard InChI is InChI=1S/C11H19NS/c13-10-12-11-8-6-4-2-1-3-5-7-9-11/h11H,1-9H2. The highest BCUT2D eigenvalue weighted by molar-refractivity contribution is 7.78. The van der Waals surface area contributed by atoms with Gasteiger partial charge in [0.15, 0.2) is 0 Å². The Morgan fingerprint density at radius 1 is 0.846 bits per heavy atom. The van der Waals surface area contributed by atoms with Crippen molar-refractivity contribution < 1.29 is 0 Å². The van der Waals surface area contributed by atoms with Gasteiger partial charge in [-0.05, 0) is 25.1 Å². The number of isothiocyanates is 1. The maximum atomic E-state index is 4.65. The molecule has 1 saturated carbocycles. The molecular formula is C11H19NS. The molecule has 74 valence electrons. The molecule has 13 heavy (non-hydrogen) atoms. The van der Waals surface area contributed by atoms with Crippen molar-refractivity contribution in [3.05, 3.63) is 0 Å². The highest BCUT2D eigenvalue weighted by Crippen LogP contribution is 2.18. The van der Waals surface area contributed by atoms with Gasteiger partial charge in [-0.25, -0.2) is 4.99 Å². The lowest BCUT2D eigenvalue weighted by atomic mass is 9.98. The van der Waals surface area contributed by atoms with E-state index < -0.39 is 0 Å². The molecule has 1 aliphatic rings. The van der Waals surface area contributed by atoms with E-state index in [4.69, 9.17) is 0 Å². The Kier molecular flexibility index (Phi) is 6.05. The van der Waals surface area contributed by atoms with Gasteiger partial charge >= 0.3 is 0 Å². The lowest BCUT2D eigenvalue weighted by molar-refractivity contribution is 0.463. The summed E-state index contributed by atoms with van der Waals surface area (Å²) < 4.78 is 0. The van der Waals surface area contributed by atoms with Crippen LogP contribution in [0.15, 0.2) is 4.99 Å². The first kappa shape index (κ1) is 10.9. The van der Waals surface area contributed by atoms with E-state index in [1.807, 2.05) is 0 Å². The minimum Gasteiger partial charge on any atom is -0.229 e. The molecule has 0 amide bonds. The molecule has 0 unspecified atom stereocenters. The normalized spacial score (nSPS) is 21.8. The minimum atomic E-state index is 0.482. The molecule has 0 aromatic carbocycles. The molecule has 2 heteroatoms. The molecule has 1 fully saturated rings. The lowest BCUT2D eigenvalue weighted by Gasteiger charge is -2.12. The highest BCUT2D eigenvalue weighted by atomic mass is 32.1. The number of rotatable bonds is 1. The maximum absolute atomic E-state index is 4.65. The Labute approximate surface area is 86.6 Å². The smallest absolute Gasteiger partial charge is 0.0602 e. The van der Waals surface area contributed by atoms with E-state index in [0.29, 0.717) is 6.04 Å². The number of thiocarbonyl (C=S) groups is 1. The van der Waals surface area contributed by atoms with E-state index in [2.05, 4.69) is 22.4 Å². The summed E-state index contributed by atoms with van der Waals surface area (Å²) in [7, 11) is 0. The van der Waals surface area contributed by atoms with Crippen LogP contribution in [0.4, 0.5) is 0 Å². The molecular weight excluding hydrogens is 178 g/mol. The summed E-state index contributed by atoms with van der Waals surface area (Å²) in [4.78, 5) is 4.22. The Morgan fingerprint density at radius 3 is 1.77 bits per heavy atom. The van der Waals surface area contributed by atoms with Crippen LogP contribution in [0.1, 0.15) is 57.8 Å². The Hall–Kier alpha value is -0.200. The van der Waals surface area contributed by atoms with Gasteiger partial charge < -0.3 is 0 Å². The van der Waals surface area contributed by atoms with Crippen molar-refractivity contribution in [3.63, 3.8) is 0 Å². The Bertz CT molecular complexity index is 163. The van der Waals surface area contributed by atoms with E-state index in [9.17, 15) is 0 Å². The van der Waals surface area contributed by atoms with Crippen molar-refractivity contribution in [2.24, 2.45) is 4.99 Å². The molecule has 1 nitrogen and oxygen atoms in total. The molecule has 0 heterocycles. The summed E-state index contributed by atoms with van der Waals surface area (Å²) >= 11 is 4.65. The fraction of sp³-hybridized carbons (Fsp3) is 0.909. The fourth-order valence-electron chi connectivity index (χ4n) is 1.99. The summed E-state index contributed by atoms with van der Waals surface area (Å²) in [6.07, 6.45) is 12.1. The van der Waals surface area contributed by atoms with Crippen molar-refractivity contribution >= 4 is 17.4 Å². The second-order valence-electron chi connectivity index (χ2n) is 3.93. The summed E-state index contributed by atoms with van der Waals surface area (Å²) in [5, 5.41) is 2.53. The SMILES string of the molecule is S=C=NC1CCCCCCCCC1. The largest absolute Gasteiger partial charge is 0.229 e. The predicted octanol–water partition coefficient (Wildman–Crippen LogP) is 3.98. The zero-order chi connectivity index (χ0) is 9.36. The molecule has 0 radical (unpaired) electrons. The third-order valence-corrected chi connectivity index (χ3v) is 2.92. The quantitative estimate of drug-likeness (QED) is 0.457. The summed E-state index contributed by atoms with van der Waals surface area (Å²) in [6.45, 7) is 0. The van der Waals surface area contributed by atoms with Crippen molar-refractivity contribution in [1.29, 1.82) is 0 Å². The maximum Gasteiger partial charge on any atom is 0.0602 e. The monoisotopic (exact) mass is 197 g/mol. The van der Waals surface area contributed by atoms with Crippen molar-refractivity contribution in [2.45, 2.75) is 63.8 Å². The number of nitrogens with zero attached hydrogens (tertiary/aromatic N) is 1. The second kappa shape index (κ2) is 7.23. The molecule has 1 rings (SSSR count). The minimum absolute atomic E-state index is 0.482. The van der Waals surface area contributed by atoms with Crippen LogP contribution in [0.2, 0.25) is 0 Å². The van der Waals surface area contributed by atoms with Gasteiger partial charge in [-0.2, -0.15) is 0 Å². The van der Waals surface area contributed by atoms with Gasteiger partial charge in [0.2, 0.25) is 0 Å². The van der Waals surface area contributed by atoms with Crippen molar-refractivity contribution in [1.82, 2.24) is 0 Å². The van der Waals surface area contributed by atoms with Crippen LogP contribution in [0.5, 0.6) is 0 Å². The average Bonchev–Trinajstić information content (AvgIpc) is 2.16. The van der Waals surface area contributed by atoms with E-state index >= 15 is 0 Å². The zero-order valence-electron chi connectivity index (χ0n) is 8.30. The first-order chi connectivity index (χ1) is 6.43. The molecule has 0 aromatic rings. The molecule has 0 N–H and O–H groups in total. The van der Waals surface area contributed by atoms with Gasteiger partial charge in [0.05, 0.1) is 11.2 Å². The number of aliphatic imine (C=N–C) groups is 1. The summed E-state index contributed by atoms with van der Waals surface area (Å²) in [5.74, 6) is 0. The molecule has 1 aliphatic carbocycles. The Balaban J connectivity index is 2.30. The topological polar surface area (TPSA) is 12.4 Å². The highest BCUT2D eigenvalue weighted by Gasteiger charge is 2.07. The molecule has 0 aromatic heterocycles. The molecule has 0 bridgehead atoms. The molecule has 0 saturated heterocycles. The Morgan fingerprint density at radius 2 is 1.31 bits per heavy atom. The molecule has 0 atom stereocenters. The third-order valence-electron chi connectivity index (χ3n) is 2.81. The summed E-state index contributed by atoms with van der Waals surface area (Å²) in [5.41, 5.74) is 0. The van der Waals surface area contributed by atoms with Crippen molar-refractivity contribution in [3.8, 4) is 0 Å². The van der Waals surface area contributed by atoms with Gasteiger partial charge in [0.1, 0.15) is 0 Å². The fourth-order valence-corrected chi connectivity index (χ4v) is 2.14. The van der Waals surface area contributed by atoms with Crippen LogP contribution in [0.25, 0.3) is 0 Å². The van der Waals surface area contributed by atoms with Gasteiger partial charge in [-0.1, -0.05) is 44.9 Å². The zero-order valence-corrected chi connectivity index (χ0v) is 9.11. The lowest BCUT2D eigenvalue weighted by Crippen LogP contribution is -2.05. The molecule has 0 aliphatic heterocycles. The van der Waals surface area contributed by atoms with Crippen LogP contribution in [-0.4, -0.2) is 11.2 Å². The van der Waals surface area contributed by atoms with Gasteiger partial charge in [-0.3, -0.25) is 0 Å². The first-order valence-electron chi connectivity index (χ1n) is 5.50. The number of hydrogen-bond acceptors (Lipinski definition) is 2. The van der Waals surface area contributed by atoms with Crippen LogP contribution < -0.4 is 0 Å². The number of hydrogen-bond donors (Lipinski definition) is 0. The van der Waals surface area contributed by atoms with Crippen LogP contribution in [0, 0.1) is 0 Å². The van der Waals surface area contributed by atoms with Gasteiger partial charge in [-0.15, -0.1) is 0 Å². The second-order valence-corrected chi connectivity index (χ2v) is 4.11. The van der Waals surface area contributed by atoms with Gasteiger partial charge in [0.25, 0.3) is 0 Å². The first-order valence-corrected chi connectivity index (χ1v) is 5.91. The van der Waals surface area contributed by atoms with Crippen LogP contribution in [-0.2, 0) is 0 Å². The predicted molar refractivity (Wildman–Crippen MR) is 60.4 cm³/mol. The average molecular weight is 197 g/mol. The van der Waals surface area contributed by atoms with E-state index in [1.165, 1.54) is 57.8 Å².